The van der Waals surface area contributed by atoms with Crippen molar-refractivity contribution in [3.05, 3.63) is 29.8 Å². The number of carbonyl (C=O) groups is 6. The summed E-state index contributed by atoms with van der Waals surface area (Å²) in [7, 11) is 0. The number of benzene rings is 1. The van der Waals surface area contributed by atoms with Crippen LogP contribution in [0.5, 0.6) is 5.75 Å². The molecule has 214 valence electrons. The van der Waals surface area contributed by atoms with E-state index in [9.17, 15) is 39.0 Å². The first kappa shape index (κ1) is 31.0. The van der Waals surface area contributed by atoms with Gasteiger partial charge in [-0.3, -0.25) is 24.0 Å². The van der Waals surface area contributed by atoms with Gasteiger partial charge in [-0.05, 0) is 43.4 Å². The molecule has 1 aromatic carbocycles. The van der Waals surface area contributed by atoms with E-state index in [0.717, 1.165) is 0 Å². The molecule has 0 unspecified atom stereocenters. The second kappa shape index (κ2) is 13.0. The number of nitrogens with one attached hydrogen (secondary N) is 3. The smallest absolute Gasteiger partial charge is 0.326 e. The minimum absolute atomic E-state index is 0.00730. The predicted octanol–water partition coefficient (Wildman–Crippen LogP) is -0.973. The molecular formula is C25H34N4O10. The van der Waals surface area contributed by atoms with Crippen LogP contribution in [0.25, 0.3) is 0 Å². The molecule has 0 aliphatic carbocycles. The lowest BCUT2D eigenvalue weighted by molar-refractivity contribution is -0.142. The standard InChI is InChI=1S/C25H34N4O10/c1-12(2)18(20(26)33)29-21(34)15(5-4-6-17(31)32)28-24(38)25(3)19(39-25)22(35)27-16(23(36)37)11-13-7-9-14(30)10-8-13/h7-10,12,15-16,18-19,30H,4-6,11H2,1-3H3,(H2,26,33)(H,27,35)(H,28,38)(H,29,34)(H,31,32)(H,36,37)/t15-,16-,18-,19+,25-/m0/s1. The van der Waals surface area contributed by atoms with Gasteiger partial charge in [0.25, 0.3) is 11.8 Å². The van der Waals surface area contributed by atoms with E-state index in [1.807, 2.05) is 0 Å². The van der Waals surface area contributed by atoms with Crippen molar-refractivity contribution in [1.29, 1.82) is 0 Å². The van der Waals surface area contributed by atoms with Gasteiger partial charge in [0.2, 0.25) is 11.8 Å². The topological polar surface area (TPSA) is 238 Å². The van der Waals surface area contributed by atoms with Crippen LogP contribution in [0.4, 0.5) is 0 Å². The number of aliphatic carboxylic acids is 2. The molecule has 0 spiro atoms. The zero-order chi connectivity index (χ0) is 29.5. The van der Waals surface area contributed by atoms with Crippen molar-refractivity contribution < 1.29 is 48.8 Å². The van der Waals surface area contributed by atoms with Gasteiger partial charge in [-0.15, -0.1) is 0 Å². The second-order valence-corrected chi connectivity index (χ2v) is 9.82. The summed E-state index contributed by atoms with van der Waals surface area (Å²) in [4.78, 5) is 72.9. The van der Waals surface area contributed by atoms with Gasteiger partial charge in [0, 0.05) is 12.8 Å². The number of epoxide rings is 1. The maximum absolute atomic E-state index is 13.0. The van der Waals surface area contributed by atoms with Crippen LogP contribution in [-0.2, 0) is 39.9 Å². The number of carbonyl (C=O) groups excluding carboxylic acids is 4. The van der Waals surface area contributed by atoms with Crippen LogP contribution < -0.4 is 21.7 Å². The zero-order valence-electron chi connectivity index (χ0n) is 21.8. The first-order chi connectivity index (χ1) is 18.1. The summed E-state index contributed by atoms with van der Waals surface area (Å²) in [5.41, 5.74) is 4.15. The number of primary amides is 1. The molecule has 1 aromatic rings. The molecule has 0 bridgehead atoms. The van der Waals surface area contributed by atoms with Crippen molar-refractivity contribution in [2.24, 2.45) is 11.7 Å². The van der Waals surface area contributed by atoms with E-state index in [0.29, 0.717) is 5.56 Å². The molecule has 0 aromatic heterocycles. The molecule has 14 heteroatoms. The minimum atomic E-state index is -1.72. The van der Waals surface area contributed by atoms with Crippen molar-refractivity contribution in [2.45, 2.75) is 76.3 Å². The SMILES string of the molecule is CC(C)[C@H](NC(=O)[C@H](CCCC(=O)O)NC(=O)[C@@]1(C)O[C@@H]1C(=O)N[C@@H](Cc1ccc(O)cc1)C(=O)O)C(N)=O. The highest BCUT2D eigenvalue weighted by Gasteiger charge is 2.63. The normalized spacial score (nSPS) is 20.3. The number of carboxylic acids is 2. The number of amides is 4. The number of hydrogen-bond acceptors (Lipinski definition) is 8. The number of rotatable bonds is 15. The van der Waals surface area contributed by atoms with Gasteiger partial charge in [0.1, 0.15) is 23.9 Å². The highest BCUT2D eigenvalue weighted by atomic mass is 16.6. The lowest BCUT2D eigenvalue weighted by Gasteiger charge is -2.24. The van der Waals surface area contributed by atoms with Gasteiger partial charge in [-0.2, -0.15) is 0 Å². The third-order valence-corrected chi connectivity index (χ3v) is 6.26. The Morgan fingerprint density at radius 3 is 2.13 bits per heavy atom. The maximum atomic E-state index is 13.0. The molecule has 4 amide bonds. The Bertz CT molecular complexity index is 1110. The fourth-order valence-corrected chi connectivity index (χ4v) is 3.85. The maximum Gasteiger partial charge on any atom is 0.326 e. The fourth-order valence-electron chi connectivity index (χ4n) is 3.85. The Hall–Kier alpha value is -4.20. The first-order valence-electron chi connectivity index (χ1n) is 12.3. The molecule has 8 N–H and O–H groups in total. The largest absolute Gasteiger partial charge is 0.508 e. The van der Waals surface area contributed by atoms with Crippen LogP contribution in [0, 0.1) is 5.92 Å². The average Bonchev–Trinajstić information content (AvgIpc) is 3.54. The molecule has 1 saturated heterocycles. The van der Waals surface area contributed by atoms with Crippen molar-refractivity contribution >= 4 is 35.6 Å². The molecule has 1 fully saturated rings. The Morgan fingerprint density at radius 1 is 1.00 bits per heavy atom. The average molecular weight is 551 g/mol. The van der Waals surface area contributed by atoms with Gasteiger partial charge >= 0.3 is 11.9 Å². The van der Waals surface area contributed by atoms with Crippen LogP contribution in [-0.4, -0.2) is 80.7 Å². The Balaban J connectivity index is 2.08. The van der Waals surface area contributed by atoms with E-state index >= 15 is 0 Å². The van der Waals surface area contributed by atoms with Crippen LogP contribution in [0.2, 0.25) is 0 Å². The van der Waals surface area contributed by atoms with Crippen LogP contribution in [0.15, 0.2) is 24.3 Å². The van der Waals surface area contributed by atoms with E-state index in [2.05, 4.69) is 16.0 Å². The molecule has 2 rings (SSSR count). The fraction of sp³-hybridized carbons (Fsp3) is 0.520. The molecule has 39 heavy (non-hydrogen) atoms. The number of carboxylic acid groups (broad SMARTS) is 2. The van der Waals surface area contributed by atoms with Gasteiger partial charge in [0.15, 0.2) is 11.7 Å². The predicted molar refractivity (Wildman–Crippen MR) is 134 cm³/mol. The number of ether oxygens (including phenoxy) is 1. The second-order valence-electron chi connectivity index (χ2n) is 9.82. The van der Waals surface area contributed by atoms with Crippen LogP contribution >= 0.6 is 0 Å². The summed E-state index contributed by atoms with van der Waals surface area (Å²) in [6.45, 7) is 4.60. The van der Waals surface area contributed by atoms with Gasteiger partial charge in [-0.25, -0.2) is 4.79 Å². The number of phenols is 1. The minimum Gasteiger partial charge on any atom is -0.508 e. The molecule has 0 radical (unpaired) electrons. The first-order valence-corrected chi connectivity index (χ1v) is 12.3. The number of phenolic OH excluding ortho intramolecular Hbond substituents is 1. The van der Waals surface area contributed by atoms with E-state index in [1.165, 1.54) is 31.2 Å². The number of aromatic hydroxyl groups is 1. The molecular weight excluding hydrogens is 516 g/mol. The lowest BCUT2D eigenvalue weighted by atomic mass is 10.0. The zero-order valence-corrected chi connectivity index (χ0v) is 21.8. The number of hydrogen-bond donors (Lipinski definition) is 7. The number of nitrogens with two attached hydrogens (primary N) is 1. The Morgan fingerprint density at radius 2 is 1.62 bits per heavy atom. The van der Waals surface area contributed by atoms with Crippen LogP contribution in [0.1, 0.15) is 45.6 Å². The highest BCUT2D eigenvalue weighted by molar-refractivity contribution is 6.01. The van der Waals surface area contributed by atoms with Gasteiger partial charge in [-0.1, -0.05) is 26.0 Å². The van der Waals surface area contributed by atoms with E-state index in [1.54, 1.807) is 13.8 Å². The Labute approximate surface area is 224 Å². The molecule has 1 heterocycles. The summed E-state index contributed by atoms with van der Waals surface area (Å²) >= 11 is 0. The van der Waals surface area contributed by atoms with E-state index < -0.39 is 65.4 Å². The molecule has 1 aliphatic heterocycles. The van der Waals surface area contributed by atoms with E-state index in [4.69, 9.17) is 15.6 Å². The third-order valence-electron chi connectivity index (χ3n) is 6.26. The molecule has 0 saturated carbocycles. The molecule has 14 nitrogen and oxygen atoms in total. The van der Waals surface area contributed by atoms with Crippen molar-refractivity contribution in [2.75, 3.05) is 0 Å². The lowest BCUT2D eigenvalue weighted by Crippen LogP contribution is -2.56. The summed E-state index contributed by atoms with van der Waals surface area (Å²) in [5, 5.41) is 35.1. The van der Waals surface area contributed by atoms with Crippen molar-refractivity contribution in [3.63, 3.8) is 0 Å². The molecule has 1 aliphatic rings. The van der Waals surface area contributed by atoms with E-state index in [-0.39, 0.29) is 37.4 Å². The van der Waals surface area contributed by atoms with Gasteiger partial charge < -0.3 is 41.7 Å². The van der Waals surface area contributed by atoms with Gasteiger partial charge in [0.05, 0.1) is 0 Å². The summed E-state index contributed by atoms with van der Waals surface area (Å²) in [6.07, 6.45) is -1.79. The summed E-state index contributed by atoms with van der Waals surface area (Å²) in [5.74, 6) is -6.07. The Kier molecular flexibility index (Phi) is 10.4. The summed E-state index contributed by atoms with van der Waals surface area (Å²) < 4.78 is 5.31. The highest BCUT2D eigenvalue weighted by Crippen LogP contribution is 2.37. The monoisotopic (exact) mass is 550 g/mol. The van der Waals surface area contributed by atoms with Crippen molar-refractivity contribution in [3.8, 4) is 5.75 Å². The third kappa shape index (κ3) is 8.67. The molecule has 5 atom stereocenters. The van der Waals surface area contributed by atoms with Crippen molar-refractivity contribution in [1.82, 2.24) is 16.0 Å². The van der Waals surface area contributed by atoms with Crippen LogP contribution in [0.3, 0.4) is 0 Å². The quantitative estimate of drug-likeness (QED) is 0.132. The summed E-state index contributed by atoms with van der Waals surface area (Å²) in [6, 6.07) is 2.09.